The fraction of sp³-hybridized carbons (Fsp3) is 0.769. The molecule has 0 aromatic rings. The van der Waals surface area contributed by atoms with E-state index in [0.29, 0.717) is 0 Å². The van der Waals surface area contributed by atoms with Gasteiger partial charge in [0.1, 0.15) is 18.2 Å². The molecular formula is C13H20NO10-. The summed E-state index contributed by atoms with van der Waals surface area (Å²) >= 11 is 0. The van der Waals surface area contributed by atoms with Gasteiger partial charge in [-0.1, -0.05) is 0 Å². The lowest BCUT2D eigenvalue weighted by molar-refractivity contribution is -0.374. The van der Waals surface area contributed by atoms with E-state index < -0.39 is 67.1 Å². The van der Waals surface area contributed by atoms with Gasteiger partial charge in [0, 0.05) is 20.3 Å². The molecule has 0 bridgehead atoms. The molecular weight excluding hydrogens is 330 g/mol. The molecule has 24 heavy (non-hydrogen) atoms. The Morgan fingerprint density at radius 2 is 2.00 bits per heavy atom. The van der Waals surface area contributed by atoms with Gasteiger partial charge in [0.25, 0.3) is 0 Å². The van der Waals surface area contributed by atoms with Crippen LogP contribution in [0.5, 0.6) is 0 Å². The van der Waals surface area contributed by atoms with E-state index in [1.54, 1.807) is 0 Å². The van der Waals surface area contributed by atoms with Gasteiger partial charge in [-0.3, -0.25) is 9.59 Å². The number of ether oxygens (including phenoxy) is 2. The number of carbonyl (C=O) groups excluding carboxylic acids is 3. The van der Waals surface area contributed by atoms with Gasteiger partial charge in [-0.05, 0) is 0 Å². The quantitative estimate of drug-likeness (QED) is 0.292. The first-order valence-electron chi connectivity index (χ1n) is 7.04. The normalized spacial score (nSPS) is 32.5. The Labute approximate surface area is 136 Å². The number of carbonyl (C=O) groups is 3. The van der Waals surface area contributed by atoms with Gasteiger partial charge < -0.3 is 45.1 Å². The number of aliphatic hydroxyl groups is 4. The van der Waals surface area contributed by atoms with E-state index in [4.69, 9.17) is 14.6 Å². The van der Waals surface area contributed by atoms with Crippen LogP contribution in [0.2, 0.25) is 0 Å². The number of nitrogens with one attached hydrogen (secondary N) is 1. The maximum absolute atomic E-state index is 11.3. The molecule has 1 rings (SSSR count). The standard InChI is InChI=1S/C13H21NO10/c1-5(16)14-9-7(18)3-13(22,12(20)21)24-11(9)10(8(19)4-15)23-6(2)17/h7-11,15,18-19,22H,3-4H2,1-2H3,(H,14,16)(H,20,21)/p-1/t7-,8?,9+,10?,11+,13-/m0/s1. The molecule has 0 aromatic carbocycles. The van der Waals surface area contributed by atoms with Crippen molar-refractivity contribution in [1.29, 1.82) is 0 Å². The van der Waals surface area contributed by atoms with Crippen molar-refractivity contribution in [2.45, 2.75) is 56.5 Å². The molecule has 5 N–H and O–H groups in total. The first kappa shape index (κ1) is 20.3. The summed E-state index contributed by atoms with van der Waals surface area (Å²) in [5.74, 6) is -6.54. The van der Waals surface area contributed by atoms with Gasteiger partial charge in [0.05, 0.1) is 18.8 Å². The van der Waals surface area contributed by atoms with Crippen LogP contribution in [-0.2, 0) is 23.9 Å². The number of esters is 1. The van der Waals surface area contributed by atoms with Crippen molar-refractivity contribution in [2.24, 2.45) is 0 Å². The van der Waals surface area contributed by atoms with Crippen LogP contribution in [0.25, 0.3) is 0 Å². The molecule has 138 valence electrons. The van der Waals surface area contributed by atoms with Gasteiger partial charge in [-0.15, -0.1) is 0 Å². The summed E-state index contributed by atoms with van der Waals surface area (Å²) < 4.78 is 9.79. The minimum atomic E-state index is -2.94. The number of carboxylic acid groups (broad SMARTS) is 1. The number of amides is 1. The molecule has 0 aromatic heterocycles. The van der Waals surface area contributed by atoms with E-state index in [2.05, 4.69) is 5.32 Å². The van der Waals surface area contributed by atoms with Crippen LogP contribution in [0, 0.1) is 0 Å². The predicted molar refractivity (Wildman–Crippen MR) is 71.7 cm³/mol. The fourth-order valence-electron chi connectivity index (χ4n) is 2.45. The highest BCUT2D eigenvalue weighted by atomic mass is 16.7. The minimum absolute atomic E-state index is 0.633. The average molecular weight is 350 g/mol. The molecule has 0 radical (unpaired) electrons. The van der Waals surface area contributed by atoms with Crippen LogP contribution in [0.3, 0.4) is 0 Å². The van der Waals surface area contributed by atoms with E-state index in [-0.39, 0.29) is 0 Å². The van der Waals surface area contributed by atoms with Gasteiger partial charge in [0.15, 0.2) is 6.10 Å². The average Bonchev–Trinajstić information content (AvgIpc) is 2.46. The summed E-state index contributed by atoms with van der Waals surface area (Å²) in [6.07, 6.45) is -7.54. The van der Waals surface area contributed by atoms with Crippen LogP contribution in [0.1, 0.15) is 20.3 Å². The monoisotopic (exact) mass is 350 g/mol. The molecule has 11 nitrogen and oxygen atoms in total. The van der Waals surface area contributed by atoms with Gasteiger partial charge in [-0.2, -0.15) is 0 Å². The molecule has 1 aliphatic rings. The second kappa shape index (κ2) is 7.85. The van der Waals surface area contributed by atoms with Crippen molar-refractivity contribution >= 4 is 17.8 Å². The third-order valence-corrected chi connectivity index (χ3v) is 3.47. The molecule has 1 aliphatic heterocycles. The van der Waals surface area contributed by atoms with Crippen LogP contribution in [0.15, 0.2) is 0 Å². The summed E-state index contributed by atoms with van der Waals surface area (Å²) in [6.45, 7) is 1.19. The van der Waals surface area contributed by atoms with Crippen molar-refractivity contribution in [3.63, 3.8) is 0 Å². The Morgan fingerprint density at radius 3 is 2.42 bits per heavy atom. The first-order valence-corrected chi connectivity index (χ1v) is 7.04. The van der Waals surface area contributed by atoms with E-state index in [1.807, 2.05) is 0 Å². The van der Waals surface area contributed by atoms with Crippen molar-refractivity contribution < 1.29 is 49.4 Å². The highest BCUT2D eigenvalue weighted by Crippen LogP contribution is 2.31. The molecule has 11 heteroatoms. The predicted octanol–water partition coefficient (Wildman–Crippen LogP) is -4.64. The second-order valence-electron chi connectivity index (χ2n) is 5.48. The lowest BCUT2D eigenvalue weighted by Gasteiger charge is -2.47. The first-order chi connectivity index (χ1) is 11.0. The summed E-state index contributed by atoms with van der Waals surface area (Å²) in [6, 6.07) is -1.33. The number of aliphatic carboxylic acids is 1. The summed E-state index contributed by atoms with van der Waals surface area (Å²) in [7, 11) is 0. The van der Waals surface area contributed by atoms with E-state index in [9.17, 15) is 34.8 Å². The Kier molecular flexibility index (Phi) is 6.63. The van der Waals surface area contributed by atoms with Crippen molar-refractivity contribution in [1.82, 2.24) is 5.32 Å². The van der Waals surface area contributed by atoms with Gasteiger partial charge in [0.2, 0.25) is 11.7 Å². The summed E-state index contributed by atoms with van der Waals surface area (Å²) in [5.41, 5.74) is 0. The maximum Gasteiger partial charge on any atom is 0.303 e. The Bertz CT molecular complexity index is 497. The van der Waals surface area contributed by atoms with Crippen LogP contribution >= 0.6 is 0 Å². The van der Waals surface area contributed by atoms with E-state index >= 15 is 0 Å². The topological polar surface area (TPSA) is 186 Å². The lowest BCUT2D eigenvalue weighted by Crippen LogP contribution is -2.69. The minimum Gasteiger partial charge on any atom is -0.544 e. The molecule has 1 heterocycles. The number of rotatable bonds is 6. The Morgan fingerprint density at radius 1 is 1.42 bits per heavy atom. The summed E-state index contributed by atoms with van der Waals surface area (Å²) in [4.78, 5) is 33.6. The molecule has 1 saturated heterocycles. The molecule has 0 spiro atoms. The maximum atomic E-state index is 11.3. The molecule has 1 amide bonds. The van der Waals surface area contributed by atoms with Crippen LogP contribution in [-0.4, -0.2) is 81.1 Å². The largest absolute Gasteiger partial charge is 0.544 e. The number of hydrogen-bond acceptors (Lipinski definition) is 10. The zero-order valence-electron chi connectivity index (χ0n) is 13.0. The smallest absolute Gasteiger partial charge is 0.303 e. The third kappa shape index (κ3) is 4.61. The Balaban J connectivity index is 3.25. The number of hydrogen-bond donors (Lipinski definition) is 5. The zero-order chi connectivity index (χ0) is 18.7. The highest BCUT2D eigenvalue weighted by molar-refractivity contribution is 5.75. The molecule has 0 aliphatic carbocycles. The summed E-state index contributed by atoms with van der Waals surface area (Å²) in [5, 5.41) is 52.3. The van der Waals surface area contributed by atoms with Crippen LogP contribution < -0.4 is 10.4 Å². The molecule has 2 unspecified atom stereocenters. The van der Waals surface area contributed by atoms with E-state index in [0.717, 1.165) is 13.8 Å². The highest BCUT2D eigenvalue weighted by Gasteiger charge is 2.52. The van der Waals surface area contributed by atoms with Crippen molar-refractivity contribution in [3.05, 3.63) is 0 Å². The fourth-order valence-corrected chi connectivity index (χ4v) is 2.45. The molecule has 0 saturated carbocycles. The lowest BCUT2D eigenvalue weighted by atomic mass is 9.88. The van der Waals surface area contributed by atoms with Crippen molar-refractivity contribution in [2.75, 3.05) is 6.61 Å². The third-order valence-electron chi connectivity index (χ3n) is 3.47. The number of aliphatic hydroxyl groups excluding tert-OH is 3. The molecule has 6 atom stereocenters. The molecule has 1 fully saturated rings. The van der Waals surface area contributed by atoms with Crippen LogP contribution in [0.4, 0.5) is 0 Å². The van der Waals surface area contributed by atoms with Gasteiger partial charge >= 0.3 is 5.97 Å². The number of carboxylic acids is 1. The van der Waals surface area contributed by atoms with Crippen molar-refractivity contribution in [3.8, 4) is 0 Å². The van der Waals surface area contributed by atoms with Gasteiger partial charge in [-0.25, -0.2) is 0 Å². The SMILES string of the molecule is CC(=O)N[C@@H]1[C@@H](O)C[C@@](O)(C(=O)[O-])O[C@H]1C(OC(C)=O)C(O)CO. The van der Waals surface area contributed by atoms with E-state index in [1.165, 1.54) is 0 Å². The second-order valence-corrected chi connectivity index (χ2v) is 5.48. The zero-order valence-corrected chi connectivity index (χ0v) is 13.0. The Hall–Kier alpha value is -1.79.